The molecule has 0 bridgehead atoms. The average Bonchev–Trinajstić information content (AvgIpc) is 3.58. The fourth-order valence-electron chi connectivity index (χ4n) is 7.07. The number of piperidine rings is 1. The van der Waals surface area contributed by atoms with Crippen molar-refractivity contribution >= 4 is 76.3 Å². The third kappa shape index (κ3) is 8.45. The van der Waals surface area contributed by atoms with Crippen molar-refractivity contribution in [3.05, 3.63) is 60.3 Å². The molecule has 3 aromatic heterocycles. The molecule has 2 aliphatic heterocycles. The molecule has 2 aliphatic rings. The van der Waals surface area contributed by atoms with Gasteiger partial charge in [-0.3, -0.25) is 19.5 Å². The van der Waals surface area contributed by atoms with E-state index >= 15 is 0 Å². The minimum Gasteiger partial charge on any atom is -0.494 e. The van der Waals surface area contributed by atoms with Crippen molar-refractivity contribution in [1.29, 1.82) is 0 Å². The number of ether oxygens (including phenoxy) is 1. The second-order valence-corrected chi connectivity index (χ2v) is 17.2. The summed E-state index contributed by atoms with van der Waals surface area (Å²) in [6, 6.07) is 7.82. The molecule has 3 N–H and O–H groups in total. The molecule has 16 heteroatoms. The molecule has 0 spiro atoms. The Kier molecular flexibility index (Phi) is 11.9. The van der Waals surface area contributed by atoms with Crippen LogP contribution in [0.3, 0.4) is 0 Å². The fourth-order valence-corrected chi connectivity index (χ4v) is 8.60. The van der Waals surface area contributed by atoms with E-state index in [2.05, 4.69) is 57.9 Å². The van der Waals surface area contributed by atoms with Gasteiger partial charge in [0.1, 0.15) is 23.4 Å². The number of nitrogens with zero attached hydrogens (tertiary/aromatic N) is 8. The molecule has 2 aromatic carbocycles. The maximum absolute atomic E-state index is 13.5. The van der Waals surface area contributed by atoms with Gasteiger partial charge < -0.3 is 30.2 Å². The van der Waals surface area contributed by atoms with Gasteiger partial charge in [0.15, 0.2) is 5.82 Å². The summed E-state index contributed by atoms with van der Waals surface area (Å²) in [7, 11) is 0.797. The molecule has 2 saturated heterocycles. The van der Waals surface area contributed by atoms with Gasteiger partial charge in [0.25, 0.3) is 0 Å². The molecule has 0 saturated carbocycles. The van der Waals surface area contributed by atoms with Gasteiger partial charge in [-0.05, 0) is 76.3 Å². The Balaban J connectivity index is 0.00000464. The highest BCUT2D eigenvalue weighted by atomic mass is 35.5. The summed E-state index contributed by atoms with van der Waals surface area (Å²) in [6.45, 7) is 10.8. The summed E-state index contributed by atoms with van der Waals surface area (Å²) in [4.78, 5) is 23.2. The van der Waals surface area contributed by atoms with E-state index in [4.69, 9.17) is 21.3 Å². The molecule has 5 aromatic rings. The highest BCUT2D eigenvalue weighted by molar-refractivity contribution is 7.71. The minimum absolute atomic E-state index is 0. The maximum Gasteiger partial charge on any atom is 0.229 e. The largest absolute Gasteiger partial charge is 0.494 e. The summed E-state index contributed by atoms with van der Waals surface area (Å²) < 4.78 is 21.3. The van der Waals surface area contributed by atoms with E-state index in [1.807, 2.05) is 36.3 Å². The third-order valence-corrected chi connectivity index (χ3v) is 11.6. The van der Waals surface area contributed by atoms with Gasteiger partial charge in [-0.2, -0.15) is 10.1 Å². The van der Waals surface area contributed by atoms with Crippen LogP contribution in [-0.4, -0.2) is 101 Å². The van der Waals surface area contributed by atoms with Crippen LogP contribution in [0.4, 0.5) is 28.8 Å². The monoisotopic (exact) mass is 765 g/mol. The van der Waals surface area contributed by atoms with Crippen LogP contribution in [0.1, 0.15) is 19.3 Å². The first-order valence-electron chi connectivity index (χ1n) is 17.4. The minimum atomic E-state index is -2.79. The zero-order chi connectivity index (χ0) is 35.5. The number of nitrogens with one attached hydrogen (secondary N) is 3. The van der Waals surface area contributed by atoms with E-state index in [1.165, 1.54) is 25.5 Å². The van der Waals surface area contributed by atoms with E-state index in [-0.39, 0.29) is 12.4 Å². The zero-order valence-electron chi connectivity index (χ0n) is 30.0. The molecule has 0 radical (unpaired) electrons. The second-order valence-electron chi connectivity index (χ2n) is 13.7. The standard InChI is InChI=1S/C36H45ClN11O2P.ClH/c1-46-23-25(21-42-46)26-19-30(32(50-2)20-31(26)48-17-15-47(16-18-48)14-9-24-7-10-38-11-8-24)44-36-41-22-27(37)35(45-36)43-29-6-5-28-33(40-13-12-39-28)34(29)51(3,4)49;/h5-6,12-13,19-24,38H,7-11,14-18H2,1-4H3,(H2,41,43,44,45);1H. The van der Waals surface area contributed by atoms with Gasteiger partial charge in [-0.1, -0.05) is 11.6 Å². The van der Waals surface area contributed by atoms with Crippen molar-refractivity contribution in [3.8, 4) is 16.9 Å². The summed E-state index contributed by atoms with van der Waals surface area (Å²) >= 11 is 6.62. The van der Waals surface area contributed by atoms with Crippen LogP contribution >= 0.6 is 31.1 Å². The summed E-state index contributed by atoms with van der Waals surface area (Å²) in [5, 5.41) is 15.5. The molecular formula is C36H46Cl2N11O2P. The van der Waals surface area contributed by atoms with Crippen molar-refractivity contribution in [2.75, 3.05) is 81.8 Å². The van der Waals surface area contributed by atoms with Gasteiger partial charge in [0.05, 0.1) is 41.7 Å². The number of aromatic nitrogens is 6. The Morgan fingerprint density at radius 1 is 1.00 bits per heavy atom. The molecule has 52 heavy (non-hydrogen) atoms. The lowest BCUT2D eigenvalue weighted by Gasteiger charge is -2.38. The summed E-state index contributed by atoms with van der Waals surface area (Å²) in [6.07, 6.45) is 12.5. The van der Waals surface area contributed by atoms with E-state index in [1.54, 1.807) is 32.8 Å². The lowest BCUT2D eigenvalue weighted by Crippen LogP contribution is -2.47. The molecule has 13 nitrogen and oxygen atoms in total. The van der Waals surface area contributed by atoms with E-state index in [9.17, 15) is 4.57 Å². The fraction of sp³-hybridized carbons (Fsp3) is 0.417. The second kappa shape index (κ2) is 16.3. The molecule has 0 amide bonds. The Morgan fingerprint density at radius 3 is 2.48 bits per heavy atom. The highest BCUT2D eigenvalue weighted by Gasteiger charge is 2.25. The first kappa shape index (κ1) is 37.7. The highest BCUT2D eigenvalue weighted by Crippen LogP contribution is 2.43. The Labute approximate surface area is 315 Å². The summed E-state index contributed by atoms with van der Waals surface area (Å²) in [5.41, 5.74) is 5.65. The van der Waals surface area contributed by atoms with Crippen molar-refractivity contribution in [2.24, 2.45) is 13.0 Å². The van der Waals surface area contributed by atoms with Crippen molar-refractivity contribution < 1.29 is 9.30 Å². The van der Waals surface area contributed by atoms with Crippen LogP contribution < -0.4 is 30.9 Å². The number of anilines is 5. The van der Waals surface area contributed by atoms with Crippen LogP contribution in [0, 0.1) is 5.92 Å². The number of aryl methyl sites for hydroxylation is 1. The molecule has 0 unspecified atom stereocenters. The smallest absolute Gasteiger partial charge is 0.229 e. The molecule has 0 aliphatic carbocycles. The number of rotatable bonds is 11. The SMILES string of the molecule is COc1cc(N2CCN(CCC3CCNCC3)CC2)c(-c2cnn(C)c2)cc1Nc1ncc(Cl)c(Nc2ccc3nccnc3c2P(C)(C)=O)n1.Cl. The van der Waals surface area contributed by atoms with Crippen molar-refractivity contribution in [3.63, 3.8) is 0 Å². The van der Waals surface area contributed by atoms with E-state index < -0.39 is 7.14 Å². The van der Waals surface area contributed by atoms with Crippen LogP contribution in [0.2, 0.25) is 5.02 Å². The Bertz CT molecular complexity index is 2060. The molecule has 5 heterocycles. The molecule has 7 rings (SSSR count). The zero-order valence-corrected chi connectivity index (χ0v) is 32.4. The van der Waals surface area contributed by atoms with E-state index in [0.29, 0.717) is 50.3 Å². The van der Waals surface area contributed by atoms with Gasteiger partial charge in [-0.15, -0.1) is 12.4 Å². The molecule has 276 valence electrons. The number of piperazine rings is 1. The predicted octanol–water partition coefficient (Wildman–Crippen LogP) is 6.15. The van der Waals surface area contributed by atoms with E-state index in [0.717, 1.165) is 68.5 Å². The number of methoxy groups -OCH3 is 1. The van der Waals surface area contributed by atoms with Crippen molar-refractivity contribution in [1.82, 2.24) is 39.9 Å². The van der Waals surface area contributed by atoms with Crippen LogP contribution in [-0.2, 0) is 11.6 Å². The average molecular weight is 767 g/mol. The third-order valence-electron chi connectivity index (χ3n) is 9.75. The number of fused-ring (bicyclic) bond motifs is 1. The molecular weight excluding hydrogens is 720 g/mol. The lowest BCUT2D eigenvalue weighted by molar-refractivity contribution is 0.224. The van der Waals surface area contributed by atoms with Gasteiger partial charge in [0, 0.05) is 74.7 Å². The quantitative estimate of drug-likeness (QED) is 0.133. The first-order chi connectivity index (χ1) is 24.7. The predicted molar refractivity (Wildman–Crippen MR) is 214 cm³/mol. The summed E-state index contributed by atoms with van der Waals surface area (Å²) in [5.74, 6) is 2.16. The first-order valence-corrected chi connectivity index (χ1v) is 20.4. The number of hydrogen-bond acceptors (Lipinski definition) is 12. The Hall–Kier alpha value is -4.00. The van der Waals surface area contributed by atoms with Gasteiger partial charge in [-0.25, -0.2) is 4.98 Å². The van der Waals surface area contributed by atoms with Crippen LogP contribution in [0.5, 0.6) is 5.75 Å². The number of hydrogen-bond donors (Lipinski definition) is 3. The van der Waals surface area contributed by atoms with Crippen LogP contribution in [0.25, 0.3) is 22.2 Å². The van der Waals surface area contributed by atoms with Crippen molar-refractivity contribution in [2.45, 2.75) is 19.3 Å². The lowest BCUT2D eigenvalue weighted by atomic mass is 9.94. The topological polar surface area (TPSA) is 138 Å². The normalized spacial score (nSPS) is 15.8. The van der Waals surface area contributed by atoms with Gasteiger partial charge >= 0.3 is 0 Å². The molecule has 0 atom stereocenters. The molecule has 2 fully saturated rings. The Morgan fingerprint density at radius 2 is 1.77 bits per heavy atom. The van der Waals surface area contributed by atoms with Crippen LogP contribution in [0.15, 0.2) is 55.2 Å². The number of benzene rings is 2. The number of halogens is 2. The van der Waals surface area contributed by atoms with Gasteiger partial charge in [0.2, 0.25) is 5.95 Å². The maximum atomic E-state index is 13.5.